The molecule has 5 aromatic rings. The quantitative estimate of drug-likeness (QED) is 0.158. The maximum absolute atomic E-state index is 13.6. The van der Waals surface area contributed by atoms with E-state index in [4.69, 9.17) is 31.2 Å². The summed E-state index contributed by atoms with van der Waals surface area (Å²) >= 11 is 10.5. The maximum atomic E-state index is 13.6. The van der Waals surface area contributed by atoms with Gasteiger partial charge in [0.25, 0.3) is 5.56 Å². The number of ether oxygens (including phenoxy) is 2. The number of hydrogen-bond donors (Lipinski definition) is 0. The molecule has 8 heteroatoms. The van der Waals surface area contributed by atoms with Crippen LogP contribution in [-0.4, -0.2) is 22.5 Å². The minimum absolute atomic E-state index is 0.181. The molecule has 1 aromatic heterocycles. The zero-order valence-corrected chi connectivity index (χ0v) is 25.7. The van der Waals surface area contributed by atoms with Crippen LogP contribution in [0.25, 0.3) is 21.7 Å². The molecule has 0 unspecified atom stereocenters. The standard InChI is InChI=1S/C34H31BrClN3O3/c1-2-41-29-19-25(30(35)31(36)32(29)42-21-24-15-10-14-22-11-6-7-16-26(22)24)20-37-39-33(23-12-4-3-5-13-23)38-28-18-9-8-17-27(28)34(39)40/h6-11,14-20,23H,2-5,12-13,21H2,1H3. The second kappa shape index (κ2) is 12.7. The zero-order chi connectivity index (χ0) is 29.1. The Hall–Kier alpha value is -3.68. The van der Waals surface area contributed by atoms with Crippen molar-refractivity contribution in [1.82, 2.24) is 9.66 Å². The molecular formula is C34H31BrClN3O3. The van der Waals surface area contributed by atoms with Crippen molar-refractivity contribution in [3.63, 3.8) is 0 Å². The predicted molar refractivity (Wildman–Crippen MR) is 173 cm³/mol. The maximum Gasteiger partial charge on any atom is 0.282 e. The number of para-hydroxylation sites is 1. The minimum Gasteiger partial charge on any atom is -0.490 e. The Kier molecular flexibility index (Phi) is 8.58. The molecule has 42 heavy (non-hydrogen) atoms. The van der Waals surface area contributed by atoms with Gasteiger partial charge in [-0.25, -0.2) is 4.98 Å². The van der Waals surface area contributed by atoms with Crippen LogP contribution in [0.3, 0.4) is 0 Å². The van der Waals surface area contributed by atoms with Gasteiger partial charge in [-0.05, 0) is 70.2 Å². The van der Waals surface area contributed by atoms with Gasteiger partial charge in [-0.2, -0.15) is 9.78 Å². The van der Waals surface area contributed by atoms with Crippen LogP contribution in [0.1, 0.15) is 61.9 Å². The third-order valence-corrected chi connectivity index (χ3v) is 9.21. The van der Waals surface area contributed by atoms with E-state index in [0.717, 1.165) is 42.0 Å². The van der Waals surface area contributed by atoms with Gasteiger partial charge in [0.05, 0.1) is 23.7 Å². The highest BCUT2D eigenvalue weighted by Gasteiger charge is 2.23. The Balaban J connectivity index is 1.37. The number of aromatic nitrogens is 2. The van der Waals surface area contributed by atoms with E-state index in [9.17, 15) is 4.79 Å². The van der Waals surface area contributed by atoms with Crippen molar-refractivity contribution in [2.24, 2.45) is 5.10 Å². The van der Waals surface area contributed by atoms with Crippen molar-refractivity contribution in [2.75, 3.05) is 6.61 Å². The van der Waals surface area contributed by atoms with Gasteiger partial charge in [0, 0.05) is 16.0 Å². The Morgan fingerprint density at radius 2 is 1.74 bits per heavy atom. The zero-order valence-electron chi connectivity index (χ0n) is 23.4. The third-order valence-electron chi connectivity index (χ3n) is 7.77. The van der Waals surface area contributed by atoms with E-state index in [1.807, 2.05) is 55.5 Å². The first-order chi connectivity index (χ1) is 20.5. The lowest BCUT2D eigenvalue weighted by molar-refractivity contribution is 0.270. The van der Waals surface area contributed by atoms with Crippen LogP contribution in [0.5, 0.6) is 11.5 Å². The van der Waals surface area contributed by atoms with Crippen LogP contribution in [0, 0.1) is 0 Å². The molecule has 0 aliphatic heterocycles. The highest BCUT2D eigenvalue weighted by molar-refractivity contribution is 9.10. The van der Waals surface area contributed by atoms with Crippen molar-refractivity contribution in [1.29, 1.82) is 0 Å². The van der Waals surface area contributed by atoms with Gasteiger partial charge in [-0.3, -0.25) is 4.79 Å². The van der Waals surface area contributed by atoms with E-state index < -0.39 is 0 Å². The molecule has 0 atom stereocenters. The first-order valence-corrected chi connectivity index (χ1v) is 15.5. The van der Waals surface area contributed by atoms with Gasteiger partial charge in [0.2, 0.25) is 0 Å². The minimum atomic E-state index is -0.181. The monoisotopic (exact) mass is 643 g/mol. The Bertz CT molecular complexity index is 1840. The second-order valence-corrected chi connectivity index (χ2v) is 11.6. The third kappa shape index (κ3) is 5.68. The Morgan fingerprint density at radius 1 is 1.00 bits per heavy atom. The summed E-state index contributed by atoms with van der Waals surface area (Å²) in [5.74, 6) is 1.84. The van der Waals surface area contributed by atoms with Gasteiger partial charge < -0.3 is 9.47 Å². The molecule has 0 bridgehead atoms. The lowest BCUT2D eigenvalue weighted by Crippen LogP contribution is -2.25. The molecule has 1 fully saturated rings. The lowest BCUT2D eigenvalue weighted by Gasteiger charge is -2.22. The predicted octanol–water partition coefficient (Wildman–Crippen LogP) is 8.87. The van der Waals surface area contributed by atoms with Gasteiger partial charge in [-0.15, -0.1) is 0 Å². The van der Waals surface area contributed by atoms with Crippen molar-refractivity contribution in [3.05, 3.63) is 110 Å². The van der Waals surface area contributed by atoms with Gasteiger partial charge >= 0.3 is 0 Å². The first kappa shape index (κ1) is 28.4. The van der Waals surface area contributed by atoms with Crippen molar-refractivity contribution < 1.29 is 9.47 Å². The van der Waals surface area contributed by atoms with E-state index in [0.29, 0.717) is 56.5 Å². The molecule has 214 valence electrons. The van der Waals surface area contributed by atoms with Crippen LogP contribution in [0.2, 0.25) is 5.02 Å². The molecule has 6 nitrogen and oxygen atoms in total. The van der Waals surface area contributed by atoms with Crippen LogP contribution < -0.4 is 15.0 Å². The van der Waals surface area contributed by atoms with E-state index in [2.05, 4.69) is 34.1 Å². The van der Waals surface area contributed by atoms with Crippen molar-refractivity contribution in [2.45, 2.75) is 51.6 Å². The summed E-state index contributed by atoms with van der Waals surface area (Å²) in [6.45, 7) is 2.66. The van der Waals surface area contributed by atoms with Gasteiger partial charge in [-0.1, -0.05) is 85.5 Å². The fourth-order valence-electron chi connectivity index (χ4n) is 5.66. The number of nitrogens with zero attached hydrogens (tertiary/aromatic N) is 3. The number of benzene rings is 4. The summed E-state index contributed by atoms with van der Waals surface area (Å²) in [7, 11) is 0. The van der Waals surface area contributed by atoms with Crippen molar-refractivity contribution >= 4 is 55.4 Å². The van der Waals surface area contributed by atoms with Crippen LogP contribution >= 0.6 is 27.5 Å². The Labute approximate surface area is 258 Å². The number of hydrogen-bond acceptors (Lipinski definition) is 5. The van der Waals surface area contributed by atoms with Gasteiger partial charge in [0.15, 0.2) is 11.5 Å². The van der Waals surface area contributed by atoms with E-state index in [1.54, 1.807) is 12.3 Å². The SMILES string of the molecule is CCOc1cc(C=Nn2c(C3CCCCC3)nc3ccccc3c2=O)c(Br)c(Cl)c1OCc1cccc2ccccc12. The summed E-state index contributed by atoms with van der Waals surface area (Å²) < 4.78 is 14.3. The number of fused-ring (bicyclic) bond motifs is 2. The highest BCUT2D eigenvalue weighted by Crippen LogP contribution is 2.43. The summed E-state index contributed by atoms with van der Waals surface area (Å²) in [4.78, 5) is 18.5. The first-order valence-electron chi connectivity index (χ1n) is 14.4. The molecule has 4 aromatic carbocycles. The molecule has 1 aliphatic rings. The largest absolute Gasteiger partial charge is 0.490 e. The van der Waals surface area contributed by atoms with Gasteiger partial charge in [0.1, 0.15) is 17.5 Å². The Morgan fingerprint density at radius 3 is 2.55 bits per heavy atom. The molecule has 0 amide bonds. The molecule has 0 N–H and O–H groups in total. The molecule has 1 saturated carbocycles. The smallest absolute Gasteiger partial charge is 0.282 e. The molecule has 1 heterocycles. The fourth-order valence-corrected chi connectivity index (χ4v) is 6.32. The normalized spacial score (nSPS) is 14.2. The van der Waals surface area contributed by atoms with Crippen molar-refractivity contribution in [3.8, 4) is 11.5 Å². The van der Waals surface area contributed by atoms with E-state index >= 15 is 0 Å². The summed E-state index contributed by atoms with van der Waals surface area (Å²) in [6, 6.07) is 23.6. The van der Waals surface area contributed by atoms with E-state index in [-0.39, 0.29) is 11.5 Å². The highest BCUT2D eigenvalue weighted by atomic mass is 79.9. The second-order valence-electron chi connectivity index (χ2n) is 10.5. The van der Waals surface area contributed by atoms with Crippen LogP contribution in [-0.2, 0) is 6.61 Å². The molecular weight excluding hydrogens is 614 g/mol. The molecule has 0 radical (unpaired) electrons. The summed E-state index contributed by atoms with van der Waals surface area (Å²) in [6.07, 6.45) is 7.07. The average Bonchev–Trinajstić information content (AvgIpc) is 3.03. The summed E-state index contributed by atoms with van der Waals surface area (Å²) in [5, 5.41) is 7.88. The van der Waals surface area contributed by atoms with E-state index in [1.165, 1.54) is 11.1 Å². The molecule has 1 aliphatic carbocycles. The topological polar surface area (TPSA) is 65.7 Å². The molecule has 6 rings (SSSR count). The van der Waals surface area contributed by atoms with Crippen LogP contribution in [0.4, 0.5) is 0 Å². The summed E-state index contributed by atoms with van der Waals surface area (Å²) in [5.41, 5.74) is 2.23. The molecule has 0 spiro atoms. The number of rotatable bonds is 8. The molecule has 0 saturated heterocycles. The van der Waals surface area contributed by atoms with Crippen LogP contribution in [0.15, 0.2) is 87.2 Å². The average molecular weight is 645 g/mol. The number of halogens is 2. The lowest BCUT2D eigenvalue weighted by atomic mass is 9.88. The fraction of sp³-hybridized carbons (Fsp3) is 0.265.